The molecule has 0 aromatic heterocycles. The summed E-state index contributed by atoms with van der Waals surface area (Å²) in [5.74, 6) is -6.20. The molecule has 2 aromatic rings. The Bertz CT molecular complexity index is 1160. The van der Waals surface area contributed by atoms with E-state index in [1.54, 1.807) is 50.2 Å². The highest BCUT2D eigenvalue weighted by Gasteiger charge is 2.49. The maximum atomic E-state index is 15.7. The number of ether oxygens (including phenoxy) is 1. The lowest BCUT2D eigenvalue weighted by Crippen LogP contribution is -2.61. The molecule has 1 heterocycles. The minimum absolute atomic E-state index is 0.0556. The Labute approximate surface area is 215 Å². The zero-order valence-electron chi connectivity index (χ0n) is 20.8. The first-order chi connectivity index (χ1) is 17.4. The highest BCUT2D eigenvalue weighted by molar-refractivity contribution is 7.89. The molecule has 202 valence electrons. The van der Waals surface area contributed by atoms with E-state index < -0.39 is 46.5 Å². The first-order valence-corrected chi connectivity index (χ1v) is 13.5. The Kier molecular flexibility index (Phi) is 9.38. The highest BCUT2D eigenvalue weighted by atomic mass is 32.2. The van der Waals surface area contributed by atoms with Gasteiger partial charge in [0.25, 0.3) is 0 Å². The number of benzene rings is 2. The molecule has 8 nitrogen and oxygen atoms in total. The van der Waals surface area contributed by atoms with Crippen LogP contribution in [0.5, 0.6) is 0 Å². The Hall–Kier alpha value is -2.89. The quantitative estimate of drug-likeness (QED) is 0.412. The first-order valence-electron chi connectivity index (χ1n) is 12.0. The molecule has 1 saturated heterocycles. The van der Waals surface area contributed by atoms with Crippen LogP contribution in [0.1, 0.15) is 25.8 Å². The molecule has 3 rings (SSSR count). The molecule has 1 aliphatic heterocycles. The molecule has 2 aromatic carbocycles. The van der Waals surface area contributed by atoms with Gasteiger partial charge in [0, 0.05) is 19.6 Å². The number of carbonyl (C=O) groups excluding carboxylic acids is 2. The van der Waals surface area contributed by atoms with Crippen molar-refractivity contribution in [1.82, 2.24) is 9.21 Å². The molecule has 37 heavy (non-hydrogen) atoms. The van der Waals surface area contributed by atoms with Crippen molar-refractivity contribution in [2.24, 2.45) is 5.92 Å². The summed E-state index contributed by atoms with van der Waals surface area (Å²) in [6.45, 7) is 1.82. The normalized spacial score (nSPS) is 17.2. The van der Waals surface area contributed by atoms with Crippen molar-refractivity contribution in [3.63, 3.8) is 0 Å². The Morgan fingerprint density at radius 1 is 1.08 bits per heavy atom. The molecular weight excluding hydrogens is 506 g/mol. The fourth-order valence-corrected chi connectivity index (χ4v) is 5.99. The van der Waals surface area contributed by atoms with Crippen molar-refractivity contribution in [3.05, 3.63) is 66.2 Å². The number of carboxylic acid groups (broad SMARTS) is 1. The second kappa shape index (κ2) is 12.1. The minimum Gasteiger partial charge on any atom is -0.530 e. The third kappa shape index (κ3) is 7.12. The van der Waals surface area contributed by atoms with Crippen LogP contribution in [-0.2, 0) is 26.0 Å². The van der Waals surface area contributed by atoms with E-state index in [-0.39, 0.29) is 43.4 Å². The number of carbonyl (C=O) groups is 2. The second-order valence-corrected chi connectivity index (χ2v) is 11.4. The summed E-state index contributed by atoms with van der Waals surface area (Å²) in [5.41, 5.74) is 0.470. The van der Waals surface area contributed by atoms with E-state index in [2.05, 4.69) is 0 Å². The second-order valence-electron chi connectivity index (χ2n) is 9.47. The standard InChI is InChI=1S/C26H32F2N2O6S/c1-19(2)16-29(37(34,35)22-11-7-4-8-12-22)18-26(27,28)24(31)23(15-20-9-5-3-6-10-20)30(25(32)33)21-13-14-36-17-21/h3-12,19,21,23H,13-18H2,1-2H3,(H,32,33)/p-1/t21-,23-/m0/s1. The molecule has 0 bridgehead atoms. The molecule has 11 heteroatoms. The molecule has 0 saturated carbocycles. The van der Waals surface area contributed by atoms with Crippen LogP contribution < -0.4 is 5.11 Å². The molecule has 0 radical (unpaired) electrons. The Morgan fingerprint density at radius 3 is 2.19 bits per heavy atom. The van der Waals surface area contributed by atoms with Gasteiger partial charge in [0.15, 0.2) is 0 Å². The summed E-state index contributed by atoms with van der Waals surface area (Å²) in [5, 5.41) is 12.1. The van der Waals surface area contributed by atoms with E-state index in [1.807, 2.05) is 0 Å². The lowest BCUT2D eigenvalue weighted by molar-refractivity contribution is -0.270. The maximum absolute atomic E-state index is 15.7. The smallest absolute Gasteiger partial charge is 0.320 e. The number of hydrogen-bond acceptors (Lipinski definition) is 6. The van der Waals surface area contributed by atoms with E-state index in [0.717, 1.165) is 0 Å². The van der Waals surface area contributed by atoms with Crippen LogP contribution in [0, 0.1) is 5.92 Å². The van der Waals surface area contributed by atoms with Gasteiger partial charge in [-0.25, -0.2) is 8.42 Å². The fourth-order valence-electron chi connectivity index (χ4n) is 4.37. The average Bonchev–Trinajstić information content (AvgIpc) is 3.37. The van der Waals surface area contributed by atoms with E-state index >= 15 is 8.78 Å². The summed E-state index contributed by atoms with van der Waals surface area (Å²) >= 11 is 0. The van der Waals surface area contributed by atoms with Gasteiger partial charge in [0.1, 0.15) is 6.09 Å². The average molecular weight is 538 g/mol. The summed E-state index contributed by atoms with van der Waals surface area (Å²) in [4.78, 5) is 26.0. The van der Waals surface area contributed by atoms with Gasteiger partial charge in [-0.1, -0.05) is 62.4 Å². The van der Waals surface area contributed by atoms with Gasteiger partial charge in [0.05, 0.1) is 30.1 Å². The maximum Gasteiger partial charge on any atom is 0.320 e. The van der Waals surface area contributed by atoms with Gasteiger partial charge >= 0.3 is 5.92 Å². The summed E-state index contributed by atoms with van der Waals surface area (Å²) in [6, 6.07) is 12.7. The van der Waals surface area contributed by atoms with Gasteiger partial charge in [-0.3, -0.25) is 4.79 Å². The van der Waals surface area contributed by atoms with Gasteiger partial charge in [0.2, 0.25) is 15.8 Å². The highest BCUT2D eigenvalue weighted by Crippen LogP contribution is 2.29. The molecule has 0 aliphatic carbocycles. The first kappa shape index (κ1) is 28.7. The number of rotatable bonds is 12. The van der Waals surface area contributed by atoms with E-state index in [9.17, 15) is 23.1 Å². The predicted molar refractivity (Wildman–Crippen MR) is 130 cm³/mol. The third-order valence-corrected chi connectivity index (χ3v) is 7.93. The van der Waals surface area contributed by atoms with Crippen molar-refractivity contribution < 1.29 is 36.6 Å². The number of Topliss-reactive ketones (excluding diaryl/α,β-unsaturated/α-hetero) is 1. The van der Waals surface area contributed by atoms with Crippen molar-refractivity contribution in [3.8, 4) is 0 Å². The molecule has 2 atom stereocenters. The van der Waals surface area contributed by atoms with Crippen LogP contribution in [0.3, 0.4) is 0 Å². The zero-order chi connectivity index (χ0) is 27.2. The molecule has 1 fully saturated rings. The molecular formula is C26H31F2N2O6S-. The number of amides is 1. The van der Waals surface area contributed by atoms with Crippen LogP contribution >= 0.6 is 0 Å². The van der Waals surface area contributed by atoms with Crippen molar-refractivity contribution in [1.29, 1.82) is 0 Å². The number of nitrogens with zero attached hydrogens (tertiary/aromatic N) is 2. The van der Waals surface area contributed by atoms with Gasteiger partial charge in [-0.2, -0.15) is 13.1 Å². The van der Waals surface area contributed by atoms with Crippen LogP contribution in [-0.4, -0.2) is 73.8 Å². The molecule has 0 N–H and O–H groups in total. The Balaban J connectivity index is 1.98. The molecule has 0 unspecified atom stereocenters. The van der Waals surface area contributed by atoms with E-state index in [4.69, 9.17) is 4.74 Å². The number of ketones is 1. The van der Waals surface area contributed by atoms with Crippen LogP contribution in [0.15, 0.2) is 65.6 Å². The van der Waals surface area contributed by atoms with Crippen molar-refractivity contribution in [2.45, 2.75) is 49.6 Å². The SMILES string of the molecule is CC(C)CN(CC(F)(F)C(=O)[C@H](Cc1ccccc1)N(C(=O)[O-])[C@H]1CCOC1)S(=O)(=O)c1ccccc1. The van der Waals surface area contributed by atoms with E-state index in [0.29, 0.717) is 14.8 Å². The number of halogens is 2. The third-order valence-electron chi connectivity index (χ3n) is 6.11. The molecule has 1 aliphatic rings. The lowest BCUT2D eigenvalue weighted by Gasteiger charge is -2.39. The topological polar surface area (TPSA) is 107 Å². The van der Waals surface area contributed by atoms with Gasteiger partial charge in [-0.15, -0.1) is 0 Å². The summed E-state index contributed by atoms with van der Waals surface area (Å²) < 4.78 is 63.7. The summed E-state index contributed by atoms with van der Waals surface area (Å²) in [6.07, 6.45) is -1.87. The van der Waals surface area contributed by atoms with Crippen molar-refractivity contribution in [2.75, 3.05) is 26.3 Å². The fraction of sp³-hybridized carbons (Fsp3) is 0.462. The number of alkyl halides is 2. The van der Waals surface area contributed by atoms with Gasteiger partial charge < -0.3 is 19.5 Å². The number of hydrogen-bond donors (Lipinski definition) is 0. The van der Waals surface area contributed by atoms with Crippen LogP contribution in [0.4, 0.5) is 13.6 Å². The van der Waals surface area contributed by atoms with E-state index in [1.165, 1.54) is 24.3 Å². The van der Waals surface area contributed by atoms with Crippen LogP contribution in [0.25, 0.3) is 0 Å². The minimum atomic E-state index is -4.36. The Morgan fingerprint density at radius 2 is 1.68 bits per heavy atom. The molecule has 1 amide bonds. The predicted octanol–water partition coefficient (Wildman–Crippen LogP) is 2.58. The summed E-state index contributed by atoms with van der Waals surface area (Å²) in [7, 11) is -4.36. The van der Waals surface area contributed by atoms with Gasteiger partial charge in [-0.05, 0) is 30.0 Å². The molecule has 0 spiro atoms. The van der Waals surface area contributed by atoms with Crippen LogP contribution in [0.2, 0.25) is 0 Å². The number of sulfonamides is 1. The zero-order valence-corrected chi connectivity index (χ0v) is 21.6. The van der Waals surface area contributed by atoms with Crippen molar-refractivity contribution >= 4 is 21.9 Å². The monoisotopic (exact) mass is 537 g/mol. The largest absolute Gasteiger partial charge is 0.530 e. The lowest BCUT2D eigenvalue weighted by atomic mass is 9.95.